The van der Waals surface area contributed by atoms with Crippen LogP contribution in [0.4, 0.5) is 0 Å². The summed E-state index contributed by atoms with van der Waals surface area (Å²) in [6.45, 7) is 5.16. The van der Waals surface area contributed by atoms with Gasteiger partial charge in [0, 0.05) is 11.1 Å². The third kappa shape index (κ3) is 4.85. The van der Waals surface area contributed by atoms with Gasteiger partial charge in [-0.1, -0.05) is 36.4 Å². The van der Waals surface area contributed by atoms with Gasteiger partial charge in [-0.3, -0.25) is 9.59 Å². The normalized spacial score (nSPS) is 11.1. The van der Waals surface area contributed by atoms with E-state index in [4.69, 9.17) is 4.74 Å². The topological polar surface area (TPSA) is 73.2 Å². The SMILES string of the molecule is CC(C)(C)OC(=O)CNC(=O)c1cccc(-n2nccc2-c2ccccc2)c1. The van der Waals surface area contributed by atoms with Crippen molar-refractivity contribution in [2.24, 2.45) is 0 Å². The fourth-order valence-electron chi connectivity index (χ4n) is 2.75. The minimum absolute atomic E-state index is 0.183. The van der Waals surface area contributed by atoms with Gasteiger partial charge in [0.05, 0.1) is 17.6 Å². The summed E-state index contributed by atoms with van der Waals surface area (Å²) in [7, 11) is 0. The Hall–Kier alpha value is -3.41. The van der Waals surface area contributed by atoms with Crippen LogP contribution in [-0.4, -0.2) is 33.8 Å². The molecular weight excluding hydrogens is 354 g/mol. The number of aromatic nitrogens is 2. The molecule has 1 N–H and O–H groups in total. The van der Waals surface area contributed by atoms with Crippen LogP contribution in [0.25, 0.3) is 16.9 Å². The number of carbonyl (C=O) groups is 2. The second kappa shape index (κ2) is 8.08. The molecule has 6 nitrogen and oxygen atoms in total. The van der Waals surface area contributed by atoms with Crippen LogP contribution in [0.5, 0.6) is 0 Å². The van der Waals surface area contributed by atoms with Gasteiger partial charge in [-0.25, -0.2) is 4.68 Å². The van der Waals surface area contributed by atoms with Gasteiger partial charge in [0.2, 0.25) is 0 Å². The molecule has 3 rings (SSSR count). The zero-order valence-corrected chi connectivity index (χ0v) is 16.2. The number of benzene rings is 2. The molecule has 0 bridgehead atoms. The molecule has 0 aliphatic carbocycles. The van der Waals surface area contributed by atoms with Gasteiger partial charge in [0.25, 0.3) is 5.91 Å². The minimum atomic E-state index is -0.588. The van der Waals surface area contributed by atoms with Gasteiger partial charge in [-0.05, 0) is 45.0 Å². The standard InChI is InChI=1S/C22H23N3O3/c1-22(2,3)28-20(26)15-23-21(27)17-10-7-11-18(14-17)25-19(12-13-24-25)16-8-5-4-6-9-16/h4-14H,15H2,1-3H3,(H,23,27). The number of nitrogens with one attached hydrogen (secondary N) is 1. The number of hydrogen-bond donors (Lipinski definition) is 1. The van der Waals surface area contributed by atoms with Crippen molar-refractivity contribution in [2.45, 2.75) is 26.4 Å². The van der Waals surface area contributed by atoms with Gasteiger partial charge in [0.1, 0.15) is 12.1 Å². The van der Waals surface area contributed by atoms with Crippen LogP contribution < -0.4 is 5.32 Å². The van der Waals surface area contributed by atoms with Crippen molar-refractivity contribution in [1.82, 2.24) is 15.1 Å². The van der Waals surface area contributed by atoms with E-state index in [-0.39, 0.29) is 12.5 Å². The fourth-order valence-corrected chi connectivity index (χ4v) is 2.75. The van der Waals surface area contributed by atoms with E-state index >= 15 is 0 Å². The lowest BCUT2D eigenvalue weighted by Gasteiger charge is -2.19. The molecule has 2 aromatic carbocycles. The molecule has 0 spiro atoms. The van der Waals surface area contributed by atoms with Crippen LogP contribution in [0.2, 0.25) is 0 Å². The highest BCUT2D eigenvalue weighted by Gasteiger charge is 2.17. The summed E-state index contributed by atoms with van der Waals surface area (Å²) in [6, 6.07) is 18.9. The number of ether oxygens (including phenoxy) is 1. The lowest BCUT2D eigenvalue weighted by Crippen LogP contribution is -2.34. The Kier molecular flexibility index (Phi) is 5.59. The zero-order valence-electron chi connectivity index (χ0n) is 16.2. The van der Waals surface area contributed by atoms with Crippen molar-refractivity contribution in [3.63, 3.8) is 0 Å². The monoisotopic (exact) mass is 377 g/mol. The van der Waals surface area contributed by atoms with Crippen molar-refractivity contribution in [2.75, 3.05) is 6.54 Å². The van der Waals surface area contributed by atoms with Gasteiger partial charge < -0.3 is 10.1 Å². The van der Waals surface area contributed by atoms with Crippen LogP contribution in [0.15, 0.2) is 66.9 Å². The molecule has 3 aromatic rings. The third-order valence-electron chi connectivity index (χ3n) is 3.88. The quantitative estimate of drug-likeness (QED) is 0.690. The van der Waals surface area contributed by atoms with E-state index in [1.165, 1.54) is 0 Å². The number of hydrogen-bond acceptors (Lipinski definition) is 4. The van der Waals surface area contributed by atoms with Crippen LogP contribution in [0.3, 0.4) is 0 Å². The number of carbonyl (C=O) groups excluding carboxylic acids is 2. The van der Waals surface area contributed by atoms with Crippen molar-refractivity contribution in [1.29, 1.82) is 0 Å². The van der Waals surface area contributed by atoms with Crippen molar-refractivity contribution in [3.8, 4) is 16.9 Å². The molecule has 0 unspecified atom stereocenters. The summed E-state index contributed by atoms with van der Waals surface area (Å²) in [5, 5.41) is 6.99. The molecule has 0 saturated heterocycles. The maximum absolute atomic E-state index is 12.4. The Labute approximate surface area is 164 Å². The third-order valence-corrected chi connectivity index (χ3v) is 3.88. The number of esters is 1. The molecule has 0 saturated carbocycles. The van der Waals surface area contributed by atoms with Crippen LogP contribution in [0, 0.1) is 0 Å². The van der Waals surface area contributed by atoms with E-state index in [9.17, 15) is 9.59 Å². The molecule has 1 aromatic heterocycles. The van der Waals surface area contributed by atoms with E-state index in [1.54, 1.807) is 49.8 Å². The first-order valence-corrected chi connectivity index (χ1v) is 9.03. The van der Waals surface area contributed by atoms with Crippen LogP contribution >= 0.6 is 0 Å². The Morgan fingerprint density at radius 3 is 2.50 bits per heavy atom. The number of rotatable bonds is 5. The smallest absolute Gasteiger partial charge is 0.325 e. The largest absolute Gasteiger partial charge is 0.459 e. The highest BCUT2D eigenvalue weighted by Crippen LogP contribution is 2.22. The van der Waals surface area contributed by atoms with Crippen LogP contribution in [-0.2, 0) is 9.53 Å². The van der Waals surface area contributed by atoms with Crippen molar-refractivity contribution >= 4 is 11.9 Å². The maximum Gasteiger partial charge on any atom is 0.325 e. The molecule has 6 heteroatoms. The van der Waals surface area contributed by atoms with E-state index < -0.39 is 11.6 Å². The maximum atomic E-state index is 12.4. The summed E-state index contributed by atoms with van der Waals surface area (Å²) in [6.07, 6.45) is 1.72. The molecule has 0 fully saturated rings. The van der Waals surface area contributed by atoms with E-state index in [0.717, 1.165) is 16.9 Å². The Bertz CT molecular complexity index is 972. The predicted octanol–water partition coefficient (Wildman–Crippen LogP) is 3.61. The van der Waals surface area contributed by atoms with Crippen molar-refractivity contribution < 1.29 is 14.3 Å². The first kappa shape index (κ1) is 19.4. The summed E-state index contributed by atoms with van der Waals surface area (Å²) in [5.74, 6) is -0.823. The molecule has 1 amide bonds. The van der Waals surface area contributed by atoms with E-state index in [0.29, 0.717) is 5.56 Å². The molecule has 0 aliphatic heterocycles. The van der Waals surface area contributed by atoms with E-state index in [2.05, 4.69) is 10.4 Å². The van der Waals surface area contributed by atoms with Gasteiger partial charge >= 0.3 is 5.97 Å². The second-order valence-corrected chi connectivity index (χ2v) is 7.31. The molecule has 28 heavy (non-hydrogen) atoms. The first-order valence-electron chi connectivity index (χ1n) is 9.03. The zero-order chi connectivity index (χ0) is 20.1. The van der Waals surface area contributed by atoms with Crippen LogP contribution in [0.1, 0.15) is 31.1 Å². The lowest BCUT2D eigenvalue weighted by molar-refractivity contribution is -0.153. The highest BCUT2D eigenvalue weighted by molar-refractivity contribution is 5.96. The van der Waals surface area contributed by atoms with Gasteiger partial charge in [-0.15, -0.1) is 0 Å². The summed E-state index contributed by atoms with van der Waals surface area (Å²) in [4.78, 5) is 24.2. The first-order chi connectivity index (χ1) is 13.3. The second-order valence-electron chi connectivity index (χ2n) is 7.31. The average molecular weight is 377 g/mol. The molecule has 0 radical (unpaired) electrons. The molecule has 144 valence electrons. The average Bonchev–Trinajstić information content (AvgIpc) is 3.15. The van der Waals surface area contributed by atoms with E-state index in [1.807, 2.05) is 42.5 Å². The molecule has 0 atom stereocenters. The summed E-state index contributed by atoms with van der Waals surface area (Å²) in [5.41, 5.74) is 2.56. The Balaban J connectivity index is 1.76. The fraction of sp³-hybridized carbons (Fsp3) is 0.227. The lowest BCUT2D eigenvalue weighted by atomic mass is 10.1. The van der Waals surface area contributed by atoms with Gasteiger partial charge in [0.15, 0.2) is 0 Å². The number of nitrogens with zero attached hydrogens (tertiary/aromatic N) is 2. The predicted molar refractivity (Wildman–Crippen MR) is 107 cm³/mol. The summed E-state index contributed by atoms with van der Waals surface area (Å²) < 4.78 is 6.98. The minimum Gasteiger partial charge on any atom is -0.459 e. The van der Waals surface area contributed by atoms with Gasteiger partial charge in [-0.2, -0.15) is 5.10 Å². The Morgan fingerprint density at radius 2 is 1.79 bits per heavy atom. The molecular formula is C22H23N3O3. The molecule has 1 heterocycles. The van der Waals surface area contributed by atoms with Crippen molar-refractivity contribution in [3.05, 3.63) is 72.4 Å². The highest BCUT2D eigenvalue weighted by atomic mass is 16.6. The summed E-state index contributed by atoms with van der Waals surface area (Å²) >= 11 is 0. The Morgan fingerprint density at radius 1 is 1.04 bits per heavy atom. The number of amides is 1. The molecule has 0 aliphatic rings.